The first kappa shape index (κ1) is 12.3. The van der Waals surface area contributed by atoms with Crippen molar-refractivity contribution in [2.45, 2.75) is 6.61 Å². The molecule has 0 aliphatic carbocycles. The first-order valence-electron chi connectivity index (χ1n) is 5.03. The molecule has 0 radical (unpaired) electrons. The Hall–Kier alpha value is -1.15. The van der Waals surface area contributed by atoms with Gasteiger partial charge in [-0.2, -0.15) is 0 Å². The van der Waals surface area contributed by atoms with Crippen molar-refractivity contribution >= 4 is 28.4 Å². The molecule has 2 aromatic rings. The van der Waals surface area contributed by atoms with E-state index in [4.69, 9.17) is 9.15 Å². The lowest BCUT2D eigenvalue weighted by Gasteiger charge is -2.09. The van der Waals surface area contributed by atoms with Crippen molar-refractivity contribution in [2.75, 3.05) is 19.5 Å². The highest BCUT2D eigenvalue weighted by atomic mass is 127. The third-order valence-corrected chi connectivity index (χ3v) is 3.31. The van der Waals surface area contributed by atoms with E-state index in [1.807, 2.05) is 19.2 Å². The molecule has 0 saturated carbocycles. The van der Waals surface area contributed by atoms with E-state index in [-0.39, 0.29) is 0 Å². The van der Waals surface area contributed by atoms with Gasteiger partial charge < -0.3 is 14.5 Å². The van der Waals surface area contributed by atoms with Gasteiger partial charge in [0.05, 0.1) is 22.1 Å². The number of nitrogens with one attached hydrogen (secondary N) is 1. The van der Waals surface area contributed by atoms with Gasteiger partial charge in [0.15, 0.2) is 11.6 Å². The number of methoxy groups -OCH3 is 1. The number of furan rings is 1. The molecule has 2 aromatic heterocycles. The molecular weight excluding hydrogens is 333 g/mol. The lowest BCUT2D eigenvalue weighted by molar-refractivity contribution is 0.181. The summed E-state index contributed by atoms with van der Waals surface area (Å²) in [5.74, 6) is 1.99. The second-order valence-electron chi connectivity index (χ2n) is 3.32. The Morgan fingerprint density at radius 3 is 2.88 bits per heavy atom. The first-order valence-corrected chi connectivity index (χ1v) is 6.11. The summed E-state index contributed by atoms with van der Waals surface area (Å²) in [6.45, 7) is 0.448. The summed E-state index contributed by atoms with van der Waals surface area (Å²) in [7, 11) is 3.47. The topological polar surface area (TPSA) is 60.2 Å². The summed E-state index contributed by atoms with van der Waals surface area (Å²) in [5, 5.41) is 3.04. The van der Waals surface area contributed by atoms with Crippen LogP contribution in [-0.2, 0) is 11.3 Å². The Morgan fingerprint density at radius 1 is 1.47 bits per heavy atom. The normalized spacial score (nSPS) is 10.5. The maximum absolute atomic E-state index is 5.30. The highest BCUT2D eigenvalue weighted by Gasteiger charge is 2.13. The number of hydrogen-bond acceptors (Lipinski definition) is 5. The molecule has 90 valence electrons. The predicted octanol–water partition coefficient (Wildman–Crippen LogP) is 2.53. The van der Waals surface area contributed by atoms with Crippen molar-refractivity contribution < 1.29 is 9.15 Å². The van der Waals surface area contributed by atoms with E-state index >= 15 is 0 Å². The van der Waals surface area contributed by atoms with E-state index in [2.05, 4.69) is 37.9 Å². The molecule has 2 heterocycles. The van der Waals surface area contributed by atoms with Crippen LogP contribution in [0.25, 0.3) is 11.6 Å². The van der Waals surface area contributed by atoms with Crippen molar-refractivity contribution in [1.29, 1.82) is 0 Å². The lowest BCUT2D eigenvalue weighted by atomic mass is 10.3. The molecule has 0 fully saturated rings. The first-order chi connectivity index (χ1) is 8.26. The third kappa shape index (κ3) is 2.58. The van der Waals surface area contributed by atoms with Crippen LogP contribution in [0.5, 0.6) is 0 Å². The summed E-state index contributed by atoms with van der Waals surface area (Å²) in [5.41, 5.74) is 0.846. The number of rotatable bonds is 4. The molecule has 0 amide bonds. The van der Waals surface area contributed by atoms with Gasteiger partial charge in [-0.05, 0) is 34.7 Å². The second-order valence-corrected chi connectivity index (χ2v) is 4.40. The fourth-order valence-corrected chi connectivity index (χ4v) is 2.07. The van der Waals surface area contributed by atoms with Crippen LogP contribution in [0.1, 0.15) is 5.69 Å². The highest BCUT2D eigenvalue weighted by molar-refractivity contribution is 14.1. The van der Waals surface area contributed by atoms with Crippen molar-refractivity contribution in [3.8, 4) is 11.6 Å². The molecule has 0 aromatic carbocycles. The van der Waals surface area contributed by atoms with Crippen molar-refractivity contribution in [1.82, 2.24) is 9.97 Å². The smallest absolute Gasteiger partial charge is 0.198 e. The van der Waals surface area contributed by atoms with Gasteiger partial charge in [0, 0.05) is 14.2 Å². The van der Waals surface area contributed by atoms with Crippen LogP contribution >= 0.6 is 22.6 Å². The van der Waals surface area contributed by atoms with Gasteiger partial charge in [0.25, 0.3) is 0 Å². The SMILES string of the molecule is CNc1nc(-c2ccco2)nc(COC)c1I. The molecule has 0 spiro atoms. The minimum Gasteiger partial charge on any atom is -0.461 e. The standard InChI is InChI=1S/C11H12IN3O2/c1-13-11-9(12)7(6-16-2)14-10(15-11)8-4-3-5-17-8/h3-5H,6H2,1-2H3,(H,13,14,15). The van der Waals surface area contributed by atoms with E-state index < -0.39 is 0 Å². The molecule has 1 N–H and O–H groups in total. The van der Waals surface area contributed by atoms with E-state index in [9.17, 15) is 0 Å². The molecule has 6 heteroatoms. The van der Waals surface area contributed by atoms with Crippen LogP contribution < -0.4 is 5.32 Å². The Balaban J connectivity index is 2.50. The fraction of sp³-hybridized carbons (Fsp3) is 0.273. The molecule has 0 atom stereocenters. The third-order valence-electron chi connectivity index (χ3n) is 2.18. The Labute approximate surface area is 113 Å². The van der Waals surface area contributed by atoms with E-state index in [1.54, 1.807) is 13.4 Å². The Bertz CT molecular complexity index is 500. The van der Waals surface area contributed by atoms with Crippen LogP contribution in [0.2, 0.25) is 0 Å². The summed E-state index contributed by atoms with van der Waals surface area (Å²) in [6.07, 6.45) is 1.60. The molecular formula is C11H12IN3O2. The van der Waals surface area contributed by atoms with Crippen LogP contribution in [0.15, 0.2) is 22.8 Å². The van der Waals surface area contributed by atoms with E-state index in [1.165, 1.54) is 0 Å². The number of aromatic nitrogens is 2. The molecule has 2 rings (SSSR count). The maximum atomic E-state index is 5.30. The van der Waals surface area contributed by atoms with Gasteiger partial charge in [0.2, 0.25) is 0 Å². The number of halogens is 1. The predicted molar refractivity (Wildman–Crippen MR) is 72.7 cm³/mol. The van der Waals surface area contributed by atoms with Crippen molar-refractivity contribution in [3.05, 3.63) is 27.7 Å². The molecule has 0 saturated heterocycles. The minimum atomic E-state index is 0.448. The zero-order chi connectivity index (χ0) is 12.3. The summed E-state index contributed by atoms with van der Waals surface area (Å²) >= 11 is 2.20. The van der Waals surface area contributed by atoms with Crippen LogP contribution in [0, 0.1) is 3.57 Å². The summed E-state index contributed by atoms with van der Waals surface area (Å²) in [4.78, 5) is 8.83. The zero-order valence-electron chi connectivity index (χ0n) is 9.53. The Morgan fingerprint density at radius 2 is 2.29 bits per heavy atom. The molecule has 0 unspecified atom stereocenters. The monoisotopic (exact) mass is 345 g/mol. The zero-order valence-corrected chi connectivity index (χ0v) is 11.7. The van der Waals surface area contributed by atoms with Gasteiger partial charge >= 0.3 is 0 Å². The van der Waals surface area contributed by atoms with Crippen LogP contribution in [0.3, 0.4) is 0 Å². The number of nitrogens with zero attached hydrogens (tertiary/aromatic N) is 2. The molecule has 5 nitrogen and oxygen atoms in total. The lowest BCUT2D eigenvalue weighted by Crippen LogP contribution is -2.05. The largest absolute Gasteiger partial charge is 0.461 e. The average Bonchev–Trinajstić information content (AvgIpc) is 2.85. The quantitative estimate of drug-likeness (QED) is 0.863. The van der Waals surface area contributed by atoms with E-state index in [0.29, 0.717) is 18.2 Å². The number of anilines is 1. The average molecular weight is 345 g/mol. The second kappa shape index (κ2) is 5.46. The van der Waals surface area contributed by atoms with Gasteiger partial charge in [-0.3, -0.25) is 0 Å². The van der Waals surface area contributed by atoms with Crippen LogP contribution in [0.4, 0.5) is 5.82 Å². The summed E-state index contributed by atoms with van der Waals surface area (Å²) in [6, 6.07) is 3.64. The minimum absolute atomic E-state index is 0.448. The van der Waals surface area contributed by atoms with Crippen molar-refractivity contribution in [2.24, 2.45) is 0 Å². The van der Waals surface area contributed by atoms with Gasteiger partial charge in [0.1, 0.15) is 5.82 Å². The van der Waals surface area contributed by atoms with E-state index in [0.717, 1.165) is 15.1 Å². The van der Waals surface area contributed by atoms with Crippen LogP contribution in [-0.4, -0.2) is 24.1 Å². The number of hydrogen-bond donors (Lipinski definition) is 1. The number of ether oxygens (including phenoxy) is 1. The molecule has 17 heavy (non-hydrogen) atoms. The highest BCUT2D eigenvalue weighted by Crippen LogP contribution is 2.24. The van der Waals surface area contributed by atoms with Gasteiger partial charge in [-0.15, -0.1) is 0 Å². The molecule has 0 aliphatic heterocycles. The van der Waals surface area contributed by atoms with Crippen molar-refractivity contribution in [3.63, 3.8) is 0 Å². The fourth-order valence-electron chi connectivity index (χ4n) is 1.41. The summed E-state index contributed by atoms with van der Waals surface area (Å²) < 4.78 is 11.4. The molecule has 0 bridgehead atoms. The van der Waals surface area contributed by atoms with Gasteiger partial charge in [-0.1, -0.05) is 0 Å². The maximum Gasteiger partial charge on any atom is 0.198 e. The van der Waals surface area contributed by atoms with Gasteiger partial charge in [-0.25, -0.2) is 9.97 Å². The molecule has 0 aliphatic rings. The Kier molecular flexibility index (Phi) is 3.95.